The second-order valence-electron chi connectivity index (χ2n) is 5.12. The van der Waals surface area contributed by atoms with Crippen molar-refractivity contribution in [3.05, 3.63) is 46.8 Å². The molecule has 1 N–H and O–H groups in total. The molecule has 1 heterocycles. The van der Waals surface area contributed by atoms with Crippen LogP contribution >= 0.6 is 0 Å². The minimum Gasteiger partial charge on any atom is -0.461 e. The third-order valence-corrected chi connectivity index (χ3v) is 5.49. The van der Waals surface area contributed by atoms with Crippen LogP contribution in [-0.2, 0) is 14.6 Å². The van der Waals surface area contributed by atoms with E-state index in [1.807, 2.05) is 6.92 Å². The highest BCUT2D eigenvalue weighted by molar-refractivity contribution is 7.91. The van der Waals surface area contributed by atoms with E-state index in [2.05, 4.69) is 4.98 Å². The van der Waals surface area contributed by atoms with E-state index in [1.165, 1.54) is 0 Å². The molecule has 0 aliphatic carbocycles. The largest absolute Gasteiger partial charge is 0.461 e. The van der Waals surface area contributed by atoms with Gasteiger partial charge in [-0.3, -0.25) is 0 Å². The molecular weight excluding hydrogens is 302 g/mol. The lowest BCUT2D eigenvalue weighted by molar-refractivity contribution is 0.0519. The van der Waals surface area contributed by atoms with Crippen molar-refractivity contribution in [2.75, 3.05) is 6.61 Å². The zero-order valence-electron chi connectivity index (χ0n) is 13.1. The van der Waals surface area contributed by atoms with Crippen LogP contribution < -0.4 is 0 Å². The van der Waals surface area contributed by atoms with Crippen LogP contribution in [0.2, 0.25) is 0 Å². The summed E-state index contributed by atoms with van der Waals surface area (Å²) < 4.78 is 30.6. The van der Waals surface area contributed by atoms with Gasteiger partial charge in [0.05, 0.1) is 16.4 Å². The summed E-state index contributed by atoms with van der Waals surface area (Å²) in [5.41, 5.74) is 1.98. The second-order valence-corrected chi connectivity index (χ2v) is 7.00. The maximum atomic E-state index is 12.8. The lowest BCUT2D eigenvalue weighted by atomic mass is 10.2. The van der Waals surface area contributed by atoms with Gasteiger partial charge in [-0.2, -0.15) is 0 Å². The van der Waals surface area contributed by atoms with Crippen LogP contribution in [-0.4, -0.2) is 26.0 Å². The molecule has 2 aromatic rings. The number of carbonyl (C=O) groups excluding carboxylic acids is 1. The first-order valence-corrected chi connectivity index (χ1v) is 8.45. The van der Waals surface area contributed by atoms with Crippen molar-refractivity contribution in [1.29, 1.82) is 0 Å². The Morgan fingerprint density at radius 1 is 1.14 bits per heavy atom. The summed E-state index contributed by atoms with van der Waals surface area (Å²) in [6.07, 6.45) is 0. The molecule has 0 unspecified atom stereocenters. The maximum Gasteiger partial charge on any atom is 0.355 e. The van der Waals surface area contributed by atoms with Crippen LogP contribution in [0.3, 0.4) is 0 Å². The highest BCUT2D eigenvalue weighted by atomic mass is 32.2. The third-order valence-electron chi connectivity index (χ3n) is 3.45. The quantitative estimate of drug-likeness (QED) is 0.878. The summed E-state index contributed by atoms with van der Waals surface area (Å²) >= 11 is 0. The summed E-state index contributed by atoms with van der Waals surface area (Å²) in [5.74, 6) is -0.548. The van der Waals surface area contributed by atoms with Gasteiger partial charge in [0.1, 0.15) is 5.69 Å². The van der Waals surface area contributed by atoms with E-state index in [0.717, 1.165) is 5.56 Å². The molecule has 0 aliphatic rings. The van der Waals surface area contributed by atoms with Gasteiger partial charge in [-0.05, 0) is 39.8 Å². The summed E-state index contributed by atoms with van der Waals surface area (Å²) in [5, 5.41) is 0. The number of H-pyrrole nitrogens is 1. The Kier molecular flexibility index (Phi) is 4.42. The Morgan fingerprint density at radius 3 is 2.27 bits per heavy atom. The Hall–Kier alpha value is -2.08. The number of hydrogen-bond acceptors (Lipinski definition) is 4. The molecule has 118 valence electrons. The first-order valence-electron chi connectivity index (χ1n) is 6.97. The molecule has 1 aromatic heterocycles. The van der Waals surface area contributed by atoms with Crippen LogP contribution in [0, 0.1) is 20.8 Å². The van der Waals surface area contributed by atoms with Gasteiger partial charge in [0.15, 0.2) is 0 Å². The number of benzene rings is 1. The maximum absolute atomic E-state index is 12.8. The van der Waals surface area contributed by atoms with E-state index in [0.29, 0.717) is 11.3 Å². The number of carbonyl (C=O) groups is 1. The molecule has 0 bridgehead atoms. The molecule has 0 spiro atoms. The van der Waals surface area contributed by atoms with Crippen molar-refractivity contribution < 1.29 is 17.9 Å². The molecule has 0 fully saturated rings. The minimum atomic E-state index is -3.68. The summed E-state index contributed by atoms with van der Waals surface area (Å²) in [7, 11) is -3.68. The normalized spacial score (nSPS) is 11.5. The predicted molar refractivity (Wildman–Crippen MR) is 82.9 cm³/mol. The van der Waals surface area contributed by atoms with Crippen LogP contribution in [0.4, 0.5) is 0 Å². The zero-order chi connectivity index (χ0) is 16.5. The predicted octanol–water partition coefficient (Wildman–Crippen LogP) is 2.95. The number of aromatic amines is 1. The molecule has 5 nitrogen and oxygen atoms in total. The summed E-state index contributed by atoms with van der Waals surface area (Å²) in [4.78, 5) is 15.1. The Bertz CT molecular complexity index is 801. The van der Waals surface area contributed by atoms with E-state index in [9.17, 15) is 13.2 Å². The zero-order valence-corrected chi connectivity index (χ0v) is 13.9. The smallest absolute Gasteiger partial charge is 0.355 e. The number of aryl methyl sites for hydroxylation is 2. The van der Waals surface area contributed by atoms with Crippen molar-refractivity contribution in [2.45, 2.75) is 37.5 Å². The second kappa shape index (κ2) is 5.96. The standard InChI is InChI=1S/C16H19NO4S/c1-5-21-16(18)14-11(3)15(12(4)17-14)22(19,20)13-8-6-10(2)7-9-13/h6-9,17H,5H2,1-4H3. The van der Waals surface area contributed by atoms with Crippen LogP contribution in [0.25, 0.3) is 0 Å². The molecule has 0 amide bonds. The molecule has 0 aliphatic heterocycles. The lowest BCUT2D eigenvalue weighted by Crippen LogP contribution is -2.08. The molecule has 22 heavy (non-hydrogen) atoms. The van der Waals surface area contributed by atoms with E-state index < -0.39 is 15.8 Å². The number of esters is 1. The van der Waals surface area contributed by atoms with Gasteiger partial charge in [-0.25, -0.2) is 13.2 Å². The van der Waals surface area contributed by atoms with Crippen molar-refractivity contribution in [1.82, 2.24) is 4.98 Å². The third kappa shape index (κ3) is 2.78. The topological polar surface area (TPSA) is 76.2 Å². The monoisotopic (exact) mass is 321 g/mol. The fourth-order valence-electron chi connectivity index (χ4n) is 2.38. The highest BCUT2D eigenvalue weighted by Crippen LogP contribution is 2.29. The highest BCUT2D eigenvalue weighted by Gasteiger charge is 2.28. The molecular formula is C16H19NO4S. The number of rotatable bonds is 4. The van der Waals surface area contributed by atoms with Crippen LogP contribution in [0.15, 0.2) is 34.1 Å². The van der Waals surface area contributed by atoms with Crippen molar-refractivity contribution in [3.8, 4) is 0 Å². The molecule has 6 heteroatoms. The SMILES string of the molecule is CCOC(=O)c1[nH]c(C)c(S(=O)(=O)c2ccc(C)cc2)c1C. The van der Waals surface area contributed by atoms with Gasteiger partial charge in [0, 0.05) is 11.3 Å². The van der Waals surface area contributed by atoms with E-state index in [4.69, 9.17) is 4.74 Å². The summed E-state index contributed by atoms with van der Waals surface area (Å²) in [6, 6.07) is 6.63. The first kappa shape index (κ1) is 16.3. The molecule has 2 rings (SSSR count). The van der Waals surface area contributed by atoms with Gasteiger partial charge in [-0.1, -0.05) is 17.7 Å². The van der Waals surface area contributed by atoms with Gasteiger partial charge in [-0.15, -0.1) is 0 Å². The molecule has 0 atom stereocenters. The molecule has 0 saturated heterocycles. The number of sulfone groups is 1. The van der Waals surface area contributed by atoms with E-state index >= 15 is 0 Å². The first-order chi connectivity index (χ1) is 10.3. The van der Waals surface area contributed by atoms with Gasteiger partial charge in [0.2, 0.25) is 9.84 Å². The minimum absolute atomic E-state index is 0.138. The van der Waals surface area contributed by atoms with Crippen molar-refractivity contribution in [3.63, 3.8) is 0 Å². The van der Waals surface area contributed by atoms with Crippen LogP contribution in [0.1, 0.15) is 34.2 Å². The Morgan fingerprint density at radius 2 is 1.73 bits per heavy atom. The van der Waals surface area contributed by atoms with E-state index in [-0.39, 0.29) is 22.1 Å². The number of aromatic nitrogens is 1. The number of ether oxygens (including phenoxy) is 1. The van der Waals surface area contributed by atoms with Crippen LogP contribution in [0.5, 0.6) is 0 Å². The number of hydrogen-bond donors (Lipinski definition) is 1. The average Bonchev–Trinajstić information content (AvgIpc) is 2.75. The van der Waals surface area contributed by atoms with Gasteiger partial charge < -0.3 is 9.72 Å². The molecule has 1 aromatic carbocycles. The molecule has 0 saturated carbocycles. The van der Waals surface area contributed by atoms with Crippen molar-refractivity contribution >= 4 is 15.8 Å². The Balaban J connectivity index is 2.57. The van der Waals surface area contributed by atoms with E-state index in [1.54, 1.807) is 45.0 Å². The van der Waals surface area contributed by atoms with Gasteiger partial charge >= 0.3 is 5.97 Å². The fourth-order valence-corrected chi connectivity index (χ4v) is 4.07. The van der Waals surface area contributed by atoms with Crippen molar-refractivity contribution in [2.24, 2.45) is 0 Å². The average molecular weight is 321 g/mol. The summed E-state index contributed by atoms with van der Waals surface area (Å²) in [6.45, 7) is 7.07. The Labute approximate surface area is 130 Å². The lowest BCUT2D eigenvalue weighted by Gasteiger charge is -2.06. The van der Waals surface area contributed by atoms with Gasteiger partial charge in [0.25, 0.3) is 0 Å². The molecule has 0 radical (unpaired) electrons. The fraction of sp³-hybridized carbons (Fsp3) is 0.312. The number of nitrogens with one attached hydrogen (secondary N) is 1.